The van der Waals surface area contributed by atoms with Gasteiger partial charge in [-0.05, 0) is 70.6 Å². The molecule has 0 saturated carbocycles. The van der Waals surface area contributed by atoms with Crippen LogP contribution in [0.2, 0.25) is 0 Å². The van der Waals surface area contributed by atoms with E-state index in [4.69, 9.17) is 14.2 Å². The van der Waals surface area contributed by atoms with Gasteiger partial charge in [0.05, 0.1) is 0 Å². The second-order valence-electron chi connectivity index (χ2n) is 17.8. The monoisotopic (exact) mass is 893 g/mol. The largest absolute Gasteiger partial charge is 0.462 e. The first-order valence-corrected chi connectivity index (χ1v) is 26.9. The fourth-order valence-corrected chi connectivity index (χ4v) is 7.45. The van der Waals surface area contributed by atoms with Gasteiger partial charge in [0.1, 0.15) is 13.2 Å². The summed E-state index contributed by atoms with van der Waals surface area (Å²) in [5.41, 5.74) is 0. The van der Waals surface area contributed by atoms with E-state index in [-0.39, 0.29) is 31.1 Å². The van der Waals surface area contributed by atoms with Gasteiger partial charge in [0.25, 0.3) is 0 Å². The maximum absolute atomic E-state index is 12.7. The molecule has 64 heavy (non-hydrogen) atoms. The van der Waals surface area contributed by atoms with Crippen LogP contribution >= 0.6 is 0 Å². The van der Waals surface area contributed by atoms with Crippen molar-refractivity contribution in [3.63, 3.8) is 0 Å². The lowest BCUT2D eigenvalue weighted by molar-refractivity contribution is -0.167. The highest BCUT2D eigenvalue weighted by molar-refractivity contribution is 5.71. The number of unbranched alkanes of at least 4 members (excludes halogenated alkanes) is 25. The third-order valence-electron chi connectivity index (χ3n) is 11.5. The zero-order chi connectivity index (χ0) is 46.5. The molecule has 0 amide bonds. The van der Waals surface area contributed by atoms with Crippen molar-refractivity contribution in [2.75, 3.05) is 13.2 Å². The van der Waals surface area contributed by atoms with Gasteiger partial charge in [-0.1, -0.05) is 241 Å². The summed E-state index contributed by atoms with van der Waals surface area (Å²) in [5, 5.41) is 0. The number of esters is 3. The van der Waals surface area contributed by atoms with Gasteiger partial charge >= 0.3 is 17.9 Å². The molecular weight excluding hydrogens is 793 g/mol. The lowest BCUT2D eigenvalue weighted by Gasteiger charge is -2.18. The van der Waals surface area contributed by atoms with Gasteiger partial charge < -0.3 is 14.2 Å². The van der Waals surface area contributed by atoms with Crippen LogP contribution in [0.3, 0.4) is 0 Å². The smallest absolute Gasteiger partial charge is 0.306 e. The van der Waals surface area contributed by atoms with Crippen LogP contribution in [0.15, 0.2) is 72.9 Å². The predicted octanol–water partition coefficient (Wildman–Crippen LogP) is 17.8. The molecule has 0 heterocycles. The molecule has 6 nitrogen and oxygen atoms in total. The van der Waals surface area contributed by atoms with Crippen LogP contribution in [-0.4, -0.2) is 37.2 Å². The molecule has 6 heteroatoms. The fourth-order valence-electron chi connectivity index (χ4n) is 7.45. The topological polar surface area (TPSA) is 78.9 Å². The highest BCUT2D eigenvalue weighted by Gasteiger charge is 2.19. The van der Waals surface area contributed by atoms with E-state index >= 15 is 0 Å². The number of ether oxygens (including phenoxy) is 3. The van der Waals surface area contributed by atoms with Gasteiger partial charge in [0.2, 0.25) is 0 Å². The second-order valence-corrected chi connectivity index (χ2v) is 17.8. The van der Waals surface area contributed by atoms with E-state index in [1.54, 1.807) is 0 Å². The normalized spacial score (nSPS) is 12.6. The fraction of sp³-hybridized carbons (Fsp3) is 0.741. The Morgan fingerprint density at radius 3 is 0.953 bits per heavy atom. The van der Waals surface area contributed by atoms with E-state index < -0.39 is 6.10 Å². The molecule has 0 rings (SSSR count). The zero-order valence-electron chi connectivity index (χ0n) is 42.0. The van der Waals surface area contributed by atoms with Crippen LogP contribution in [0.1, 0.15) is 258 Å². The maximum Gasteiger partial charge on any atom is 0.306 e. The SMILES string of the molecule is CC/C=C\C/C=C\C/C=C\C/C=C\C/C=C\C/C=C\CCCCCCCCC(=O)OCC(COC(=O)CCCCCCC)OC(=O)CCCCCCCCCCCCCCCCCC. The number of rotatable bonds is 48. The first-order valence-electron chi connectivity index (χ1n) is 26.9. The molecule has 0 aromatic carbocycles. The van der Waals surface area contributed by atoms with Gasteiger partial charge in [-0.3, -0.25) is 14.4 Å². The minimum atomic E-state index is -0.775. The average Bonchev–Trinajstić information content (AvgIpc) is 3.29. The molecule has 0 aromatic rings. The number of allylic oxidation sites excluding steroid dienone is 12. The van der Waals surface area contributed by atoms with Crippen LogP contribution in [0, 0.1) is 0 Å². The third kappa shape index (κ3) is 49.9. The molecule has 0 saturated heterocycles. The highest BCUT2D eigenvalue weighted by Crippen LogP contribution is 2.15. The van der Waals surface area contributed by atoms with Crippen LogP contribution in [0.25, 0.3) is 0 Å². The number of hydrogen-bond acceptors (Lipinski definition) is 6. The molecule has 0 fully saturated rings. The summed E-state index contributed by atoms with van der Waals surface area (Å²) in [6.45, 7) is 6.44. The van der Waals surface area contributed by atoms with Crippen molar-refractivity contribution in [2.24, 2.45) is 0 Å². The van der Waals surface area contributed by atoms with Gasteiger partial charge in [-0.2, -0.15) is 0 Å². The van der Waals surface area contributed by atoms with Crippen molar-refractivity contribution < 1.29 is 28.6 Å². The van der Waals surface area contributed by atoms with Crippen LogP contribution in [-0.2, 0) is 28.6 Å². The van der Waals surface area contributed by atoms with E-state index in [9.17, 15) is 14.4 Å². The number of hydrogen-bond donors (Lipinski definition) is 0. The molecule has 1 unspecified atom stereocenters. The van der Waals surface area contributed by atoms with Crippen molar-refractivity contribution in [1.82, 2.24) is 0 Å². The lowest BCUT2D eigenvalue weighted by atomic mass is 10.0. The summed E-state index contributed by atoms with van der Waals surface area (Å²) in [6.07, 6.45) is 66.4. The summed E-state index contributed by atoms with van der Waals surface area (Å²) in [7, 11) is 0. The third-order valence-corrected chi connectivity index (χ3v) is 11.5. The Labute approximate surface area is 395 Å². The van der Waals surface area contributed by atoms with Crippen LogP contribution < -0.4 is 0 Å². The Bertz CT molecular complexity index is 1210. The molecule has 1 atom stereocenters. The molecule has 0 aliphatic rings. The van der Waals surface area contributed by atoms with Gasteiger partial charge in [0.15, 0.2) is 6.10 Å². The number of carbonyl (C=O) groups excluding carboxylic acids is 3. The number of carbonyl (C=O) groups is 3. The summed E-state index contributed by atoms with van der Waals surface area (Å²) in [5.74, 6) is -0.902. The Morgan fingerprint density at radius 2 is 0.609 bits per heavy atom. The molecule has 0 aliphatic carbocycles. The Morgan fingerprint density at radius 1 is 0.328 bits per heavy atom. The maximum atomic E-state index is 12.7. The summed E-state index contributed by atoms with van der Waals surface area (Å²) in [4.78, 5) is 37.7. The summed E-state index contributed by atoms with van der Waals surface area (Å²) < 4.78 is 16.7. The van der Waals surface area contributed by atoms with E-state index in [0.717, 1.165) is 109 Å². The highest BCUT2D eigenvalue weighted by atomic mass is 16.6. The molecule has 0 aromatic heterocycles. The summed E-state index contributed by atoms with van der Waals surface area (Å²) in [6, 6.07) is 0. The van der Waals surface area contributed by atoms with E-state index in [1.165, 1.54) is 109 Å². The van der Waals surface area contributed by atoms with Crippen LogP contribution in [0.5, 0.6) is 0 Å². The first kappa shape index (κ1) is 60.9. The quantitative estimate of drug-likeness (QED) is 0.0262. The van der Waals surface area contributed by atoms with E-state index in [0.29, 0.717) is 19.3 Å². The Kier molecular flexibility index (Phi) is 49.9. The minimum Gasteiger partial charge on any atom is -0.462 e. The Balaban J connectivity index is 4.15. The van der Waals surface area contributed by atoms with Crippen LogP contribution in [0.4, 0.5) is 0 Å². The van der Waals surface area contributed by atoms with Crippen molar-refractivity contribution in [2.45, 2.75) is 264 Å². The van der Waals surface area contributed by atoms with E-state index in [2.05, 4.69) is 93.7 Å². The molecule has 0 N–H and O–H groups in total. The Hall–Kier alpha value is -3.15. The molecule has 0 bridgehead atoms. The van der Waals surface area contributed by atoms with Crippen molar-refractivity contribution in [3.05, 3.63) is 72.9 Å². The van der Waals surface area contributed by atoms with Gasteiger partial charge in [-0.25, -0.2) is 0 Å². The van der Waals surface area contributed by atoms with Gasteiger partial charge in [-0.15, -0.1) is 0 Å². The zero-order valence-corrected chi connectivity index (χ0v) is 42.0. The first-order chi connectivity index (χ1) is 31.5. The van der Waals surface area contributed by atoms with Gasteiger partial charge in [0, 0.05) is 19.3 Å². The van der Waals surface area contributed by atoms with Crippen molar-refractivity contribution in [3.8, 4) is 0 Å². The van der Waals surface area contributed by atoms with Crippen molar-refractivity contribution >= 4 is 17.9 Å². The summed E-state index contributed by atoms with van der Waals surface area (Å²) >= 11 is 0. The standard InChI is InChI=1S/C58H100O6/c1-4-7-10-13-15-17-19-21-23-25-26-27-28-29-30-31-32-33-35-36-38-40-42-45-48-51-57(60)63-54-55(53-62-56(59)50-47-44-12-9-6-3)64-58(61)52-49-46-43-41-39-37-34-24-22-20-18-16-14-11-8-5-2/h7,10,15,17,21,23,26-27,29-30,32-33,55H,4-6,8-9,11-14,16,18-20,22,24-25,28,31,34-54H2,1-3H3/b10-7-,17-15-,23-21-,27-26-,30-29-,33-32-. The van der Waals surface area contributed by atoms with E-state index in [1.807, 2.05) is 0 Å². The molecule has 368 valence electrons. The molecule has 0 radical (unpaired) electrons. The minimum absolute atomic E-state index is 0.0790. The molecular formula is C58H100O6. The lowest BCUT2D eigenvalue weighted by Crippen LogP contribution is -2.30. The second kappa shape index (κ2) is 52.5. The predicted molar refractivity (Wildman–Crippen MR) is 274 cm³/mol. The van der Waals surface area contributed by atoms with Crippen molar-refractivity contribution in [1.29, 1.82) is 0 Å². The molecule has 0 spiro atoms. The molecule has 0 aliphatic heterocycles. The average molecular weight is 893 g/mol.